The van der Waals surface area contributed by atoms with Crippen molar-refractivity contribution in [2.75, 3.05) is 0 Å². The van der Waals surface area contributed by atoms with Crippen LogP contribution in [0.25, 0.3) is 5.82 Å². The van der Waals surface area contributed by atoms with E-state index in [0.717, 1.165) is 27.2 Å². The quantitative estimate of drug-likeness (QED) is 0.720. The number of pyridine rings is 1. The predicted molar refractivity (Wildman–Crippen MR) is 92.4 cm³/mol. The second-order valence-corrected chi connectivity index (χ2v) is 6.16. The Kier molecular flexibility index (Phi) is 4.73. The normalized spacial score (nSPS) is 10.9. The summed E-state index contributed by atoms with van der Waals surface area (Å²) in [5.74, 6) is 2.05. The maximum Gasteiger partial charge on any atom is 0.138 e. The largest absolute Gasteiger partial charge is 0.508 e. The number of hydrogen-bond acceptors (Lipinski definition) is 4. The molecule has 3 rings (SSSR count). The standard InChI is InChI=1S/C17H17BrN4O/c1-12-20-6-7-22(12)17-8-13(4-5-21-17)10-19-11-14-9-15(18)2-3-16(14)23/h2-9,19,23H,10-11H2,1H3. The van der Waals surface area contributed by atoms with E-state index in [-0.39, 0.29) is 0 Å². The van der Waals surface area contributed by atoms with Crippen molar-refractivity contribution in [1.29, 1.82) is 0 Å². The molecule has 0 aliphatic carbocycles. The molecule has 1 aromatic carbocycles. The fourth-order valence-corrected chi connectivity index (χ4v) is 2.77. The number of rotatable bonds is 5. The van der Waals surface area contributed by atoms with Crippen molar-refractivity contribution in [3.63, 3.8) is 0 Å². The van der Waals surface area contributed by atoms with Gasteiger partial charge in [-0.25, -0.2) is 9.97 Å². The first-order valence-electron chi connectivity index (χ1n) is 7.27. The van der Waals surface area contributed by atoms with Crippen LogP contribution in [0.5, 0.6) is 5.75 Å². The molecule has 6 heteroatoms. The summed E-state index contributed by atoms with van der Waals surface area (Å²) in [5.41, 5.74) is 1.98. The molecule has 0 spiro atoms. The lowest BCUT2D eigenvalue weighted by Gasteiger charge is -2.09. The Hall–Kier alpha value is -2.18. The van der Waals surface area contributed by atoms with Crippen molar-refractivity contribution < 1.29 is 5.11 Å². The Morgan fingerprint density at radius 2 is 2.00 bits per heavy atom. The van der Waals surface area contributed by atoms with E-state index >= 15 is 0 Å². The molecule has 0 fully saturated rings. The Balaban J connectivity index is 1.67. The Labute approximate surface area is 143 Å². The van der Waals surface area contributed by atoms with Gasteiger partial charge in [-0.1, -0.05) is 15.9 Å². The summed E-state index contributed by atoms with van der Waals surface area (Å²) in [6.07, 6.45) is 5.45. The van der Waals surface area contributed by atoms with Crippen LogP contribution in [0.1, 0.15) is 17.0 Å². The molecule has 5 nitrogen and oxygen atoms in total. The number of phenols is 1. The molecule has 0 radical (unpaired) electrons. The third kappa shape index (κ3) is 3.78. The molecule has 0 aliphatic heterocycles. The molecule has 2 N–H and O–H groups in total. The van der Waals surface area contributed by atoms with Crippen molar-refractivity contribution in [2.45, 2.75) is 20.0 Å². The molecule has 0 amide bonds. The van der Waals surface area contributed by atoms with Crippen LogP contribution in [0, 0.1) is 6.92 Å². The van der Waals surface area contributed by atoms with Crippen LogP contribution in [0.3, 0.4) is 0 Å². The molecular formula is C17H17BrN4O. The average molecular weight is 373 g/mol. The zero-order chi connectivity index (χ0) is 16.2. The van der Waals surface area contributed by atoms with Crippen LogP contribution in [0.4, 0.5) is 0 Å². The lowest BCUT2D eigenvalue weighted by atomic mass is 10.2. The fourth-order valence-electron chi connectivity index (χ4n) is 2.36. The number of aryl methyl sites for hydroxylation is 1. The van der Waals surface area contributed by atoms with E-state index in [1.807, 2.05) is 42.0 Å². The van der Waals surface area contributed by atoms with Crippen LogP contribution in [-0.2, 0) is 13.1 Å². The van der Waals surface area contributed by atoms with Crippen LogP contribution in [-0.4, -0.2) is 19.6 Å². The number of benzene rings is 1. The summed E-state index contributed by atoms with van der Waals surface area (Å²) < 4.78 is 2.90. The number of imidazole rings is 1. The number of nitrogens with one attached hydrogen (secondary N) is 1. The minimum atomic E-state index is 0.296. The number of nitrogens with zero attached hydrogens (tertiary/aromatic N) is 3. The molecule has 118 valence electrons. The minimum absolute atomic E-state index is 0.296. The summed E-state index contributed by atoms with van der Waals surface area (Å²) in [6.45, 7) is 3.23. The molecule has 0 bridgehead atoms. The number of aromatic nitrogens is 3. The van der Waals surface area contributed by atoms with Crippen LogP contribution >= 0.6 is 15.9 Å². The lowest BCUT2D eigenvalue weighted by Crippen LogP contribution is -2.13. The van der Waals surface area contributed by atoms with Gasteiger partial charge in [-0.2, -0.15) is 0 Å². The molecule has 0 unspecified atom stereocenters. The van der Waals surface area contributed by atoms with Gasteiger partial charge in [-0.05, 0) is 42.8 Å². The van der Waals surface area contributed by atoms with Crippen LogP contribution in [0.2, 0.25) is 0 Å². The van der Waals surface area contributed by atoms with Crippen molar-refractivity contribution in [1.82, 2.24) is 19.9 Å². The number of halogens is 1. The first-order valence-corrected chi connectivity index (χ1v) is 8.06. The molecule has 0 atom stereocenters. The van der Waals surface area contributed by atoms with Crippen LogP contribution < -0.4 is 5.32 Å². The van der Waals surface area contributed by atoms with Gasteiger partial charge in [-0.15, -0.1) is 0 Å². The Morgan fingerprint density at radius 3 is 2.78 bits per heavy atom. The van der Waals surface area contributed by atoms with E-state index in [1.165, 1.54) is 0 Å². The molecule has 0 saturated carbocycles. The van der Waals surface area contributed by atoms with Gasteiger partial charge in [0.05, 0.1) is 0 Å². The highest BCUT2D eigenvalue weighted by Crippen LogP contribution is 2.21. The van der Waals surface area contributed by atoms with Crippen molar-refractivity contribution in [3.8, 4) is 11.6 Å². The number of hydrogen-bond donors (Lipinski definition) is 2. The lowest BCUT2D eigenvalue weighted by molar-refractivity contribution is 0.464. The predicted octanol–water partition coefficient (Wildman–Crippen LogP) is 3.33. The van der Waals surface area contributed by atoms with E-state index < -0.39 is 0 Å². The van der Waals surface area contributed by atoms with Gasteiger partial charge in [-0.3, -0.25) is 4.57 Å². The SMILES string of the molecule is Cc1nccn1-c1cc(CNCc2cc(Br)ccc2O)ccn1. The highest BCUT2D eigenvalue weighted by Gasteiger charge is 2.04. The average Bonchev–Trinajstić information content (AvgIpc) is 2.97. The zero-order valence-electron chi connectivity index (χ0n) is 12.7. The maximum atomic E-state index is 9.85. The highest BCUT2D eigenvalue weighted by molar-refractivity contribution is 9.10. The summed E-state index contributed by atoms with van der Waals surface area (Å²) in [7, 11) is 0. The van der Waals surface area contributed by atoms with E-state index in [0.29, 0.717) is 18.8 Å². The van der Waals surface area contributed by atoms with Gasteiger partial charge in [0.1, 0.15) is 17.4 Å². The summed E-state index contributed by atoms with van der Waals surface area (Å²) in [6, 6.07) is 9.43. The first kappa shape index (κ1) is 15.7. The number of aromatic hydroxyl groups is 1. The smallest absolute Gasteiger partial charge is 0.138 e. The fraction of sp³-hybridized carbons (Fsp3) is 0.176. The van der Waals surface area contributed by atoms with E-state index in [1.54, 1.807) is 18.5 Å². The molecule has 2 aromatic heterocycles. The summed E-state index contributed by atoms with van der Waals surface area (Å²) in [4.78, 5) is 8.60. The van der Waals surface area contributed by atoms with E-state index in [4.69, 9.17) is 0 Å². The molecular weight excluding hydrogens is 356 g/mol. The van der Waals surface area contributed by atoms with E-state index in [9.17, 15) is 5.11 Å². The van der Waals surface area contributed by atoms with Gasteiger partial charge in [0.15, 0.2) is 0 Å². The van der Waals surface area contributed by atoms with Gasteiger partial charge in [0.25, 0.3) is 0 Å². The number of phenolic OH excluding ortho intramolecular Hbond substituents is 1. The second kappa shape index (κ2) is 6.93. The van der Waals surface area contributed by atoms with E-state index in [2.05, 4.69) is 31.2 Å². The minimum Gasteiger partial charge on any atom is -0.508 e. The van der Waals surface area contributed by atoms with Gasteiger partial charge >= 0.3 is 0 Å². The second-order valence-electron chi connectivity index (χ2n) is 5.24. The Morgan fingerprint density at radius 1 is 1.13 bits per heavy atom. The maximum absolute atomic E-state index is 9.85. The van der Waals surface area contributed by atoms with Crippen LogP contribution in [0.15, 0.2) is 53.4 Å². The van der Waals surface area contributed by atoms with Gasteiger partial charge in [0, 0.05) is 41.7 Å². The highest BCUT2D eigenvalue weighted by atomic mass is 79.9. The molecule has 23 heavy (non-hydrogen) atoms. The molecule has 0 aliphatic rings. The molecule has 3 aromatic rings. The molecule has 0 saturated heterocycles. The topological polar surface area (TPSA) is 63.0 Å². The Bertz CT molecular complexity index is 816. The monoisotopic (exact) mass is 372 g/mol. The van der Waals surface area contributed by atoms with Crippen molar-refractivity contribution in [2.24, 2.45) is 0 Å². The summed E-state index contributed by atoms with van der Waals surface area (Å²) >= 11 is 3.42. The zero-order valence-corrected chi connectivity index (χ0v) is 14.3. The third-order valence-corrected chi connectivity index (χ3v) is 4.06. The third-order valence-electron chi connectivity index (χ3n) is 3.57. The summed E-state index contributed by atoms with van der Waals surface area (Å²) in [5, 5.41) is 13.2. The van der Waals surface area contributed by atoms with Gasteiger partial charge in [0.2, 0.25) is 0 Å². The van der Waals surface area contributed by atoms with Crippen molar-refractivity contribution in [3.05, 3.63) is 70.3 Å². The molecule has 2 heterocycles. The van der Waals surface area contributed by atoms with Crippen molar-refractivity contribution >= 4 is 15.9 Å². The first-order chi connectivity index (χ1) is 11.1. The van der Waals surface area contributed by atoms with Gasteiger partial charge < -0.3 is 10.4 Å².